The van der Waals surface area contributed by atoms with Crippen molar-refractivity contribution in [1.82, 2.24) is 10.4 Å². The van der Waals surface area contributed by atoms with Gasteiger partial charge in [0, 0.05) is 13.1 Å². The van der Waals surface area contributed by atoms with Gasteiger partial charge in [-0.3, -0.25) is 14.4 Å². The zero-order chi connectivity index (χ0) is 12.0. The van der Waals surface area contributed by atoms with Crippen molar-refractivity contribution in [3.63, 3.8) is 0 Å². The third-order valence-corrected chi connectivity index (χ3v) is 2.17. The molecule has 0 spiro atoms. The van der Waals surface area contributed by atoms with E-state index in [1.165, 1.54) is 0 Å². The number of nitrogens with two attached hydrogens (primary N) is 1. The molecule has 0 bridgehead atoms. The molecular weight excluding hydrogens is 214 g/mol. The molecule has 0 aliphatic carbocycles. The van der Waals surface area contributed by atoms with Crippen molar-refractivity contribution in [3.05, 3.63) is 0 Å². The van der Waals surface area contributed by atoms with Gasteiger partial charge in [-0.15, -0.1) is 0 Å². The third kappa shape index (κ3) is 4.13. The average molecular weight is 231 g/mol. The highest BCUT2D eigenvalue weighted by Gasteiger charge is 2.22. The molecule has 0 saturated carbocycles. The van der Waals surface area contributed by atoms with Gasteiger partial charge in [-0.2, -0.15) is 5.48 Å². The van der Waals surface area contributed by atoms with E-state index in [2.05, 4.69) is 5.48 Å². The number of rotatable bonds is 5. The first kappa shape index (κ1) is 12.9. The van der Waals surface area contributed by atoms with Crippen LogP contribution in [0, 0.1) is 0 Å². The predicted molar refractivity (Wildman–Crippen MR) is 55.1 cm³/mol. The number of nitrogens with zero attached hydrogens (tertiary/aromatic N) is 1. The molecule has 1 fully saturated rings. The maximum atomic E-state index is 11.8. The van der Waals surface area contributed by atoms with E-state index >= 15 is 0 Å². The molecule has 7 heteroatoms. The van der Waals surface area contributed by atoms with E-state index in [0.29, 0.717) is 26.3 Å². The Hall–Kier alpha value is -1.18. The molecule has 1 heterocycles. The minimum atomic E-state index is -0.585. The summed E-state index contributed by atoms with van der Waals surface area (Å²) >= 11 is 0. The first-order chi connectivity index (χ1) is 7.61. The van der Waals surface area contributed by atoms with Crippen molar-refractivity contribution in [2.24, 2.45) is 5.73 Å². The number of hydrogen-bond acceptors (Lipinski definition) is 5. The lowest BCUT2D eigenvalue weighted by molar-refractivity contribution is -0.143. The Balaban J connectivity index is 2.26. The van der Waals surface area contributed by atoms with E-state index in [4.69, 9.17) is 15.3 Å². The van der Waals surface area contributed by atoms with Crippen molar-refractivity contribution in [3.8, 4) is 0 Å². The fourth-order valence-corrected chi connectivity index (χ4v) is 1.35. The van der Waals surface area contributed by atoms with Crippen LogP contribution in [-0.2, 0) is 19.2 Å². The molecule has 92 valence electrons. The molecule has 0 aromatic carbocycles. The summed E-state index contributed by atoms with van der Waals surface area (Å²) in [6.07, 6.45) is 0. The number of hydroxylamine groups is 1. The molecule has 1 rings (SSSR count). The Morgan fingerprint density at radius 1 is 1.50 bits per heavy atom. The summed E-state index contributed by atoms with van der Waals surface area (Å²) in [5.41, 5.74) is 7.36. The molecule has 1 aliphatic rings. The second-order valence-electron chi connectivity index (χ2n) is 3.53. The van der Waals surface area contributed by atoms with Gasteiger partial charge in [0.15, 0.2) is 0 Å². The van der Waals surface area contributed by atoms with E-state index in [1.807, 2.05) is 0 Å². The van der Waals surface area contributed by atoms with E-state index in [0.717, 1.165) is 0 Å². The quantitative estimate of drug-likeness (QED) is 0.547. The molecule has 2 amide bonds. The first-order valence-electron chi connectivity index (χ1n) is 5.13. The summed E-state index contributed by atoms with van der Waals surface area (Å²) in [4.78, 5) is 28.6. The zero-order valence-electron chi connectivity index (χ0n) is 9.27. The molecule has 7 nitrogen and oxygen atoms in total. The van der Waals surface area contributed by atoms with Crippen LogP contribution in [0.3, 0.4) is 0 Å². The van der Waals surface area contributed by atoms with Gasteiger partial charge < -0.3 is 15.4 Å². The summed E-state index contributed by atoms with van der Waals surface area (Å²) in [5.74, 6) is -0.661. The standard InChI is InChI=1S/C9H17N3O4/c1-7(11-16-6-8(10)13)9(14)12-2-4-15-5-3-12/h7,11H,2-6H2,1H3,(H2,10,13). The fraction of sp³-hybridized carbons (Fsp3) is 0.778. The van der Waals surface area contributed by atoms with Crippen LogP contribution in [0.4, 0.5) is 0 Å². The summed E-state index contributed by atoms with van der Waals surface area (Å²) in [6, 6.07) is -0.502. The lowest BCUT2D eigenvalue weighted by Crippen LogP contribution is -2.49. The van der Waals surface area contributed by atoms with Crippen LogP contribution in [0.15, 0.2) is 0 Å². The SMILES string of the molecule is CC(NOCC(N)=O)C(=O)N1CCOCC1. The van der Waals surface area contributed by atoms with Crippen LogP contribution >= 0.6 is 0 Å². The molecule has 1 atom stereocenters. The maximum absolute atomic E-state index is 11.8. The van der Waals surface area contributed by atoms with Crippen LogP contribution in [0.5, 0.6) is 0 Å². The molecule has 1 unspecified atom stereocenters. The van der Waals surface area contributed by atoms with E-state index < -0.39 is 11.9 Å². The summed E-state index contributed by atoms with van der Waals surface area (Å²) < 4.78 is 5.14. The molecule has 1 aliphatic heterocycles. The van der Waals surface area contributed by atoms with Crippen LogP contribution < -0.4 is 11.2 Å². The van der Waals surface area contributed by atoms with Gasteiger partial charge in [0.1, 0.15) is 12.6 Å². The van der Waals surface area contributed by atoms with E-state index in [-0.39, 0.29) is 12.5 Å². The number of carbonyl (C=O) groups excluding carboxylic acids is 2. The number of primary amides is 1. The number of carbonyl (C=O) groups is 2. The largest absolute Gasteiger partial charge is 0.378 e. The van der Waals surface area contributed by atoms with Crippen LogP contribution in [-0.4, -0.2) is 55.7 Å². The number of morpholine rings is 1. The van der Waals surface area contributed by atoms with Gasteiger partial charge >= 0.3 is 0 Å². The lowest BCUT2D eigenvalue weighted by atomic mass is 10.3. The maximum Gasteiger partial charge on any atom is 0.245 e. The van der Waals surface area contributed by atoms with E-state index in [9.17, 15) is 9.59 Å². The molecule has 16 heavy (non-hydrogen) atoms. The van der Waals surface area contributed by atoms with Gasteiger partial charge in [0.05, 0.1) is 13.2 Å². The number of amides is 2. The van der Waals surface area contributed by atoms with Gasteiger partial charge in [-0.25, -0.2) is 0 Å². The Kier molecular flexibility index (Phi) is 5.17. The van der Waals surface area contributed by atoms with Gasteiger partial charge in [-0.05, 0) is 6.92 Å². The highest BCUT2D eigenvalue weighted by Crippen LogP contribution is 2.00. The molecule has 3 N–H and O–H groups in total. The van der Waals surface area contributed by atoms with Crippen LogP contribution in [0.1, 0.15) is 6.92 Å². The fourth-order valence-electron chi connectivity index (χ4n) is 1.35. The normalized spacial score (nSPS) is 18.2. The number of ether oxygens (including phenoxy) is 1. The first-order valence-corrected chi connectivity index (χ1v) is 5.13. The summed E-state index contributed by atoms with van der Waals surface area (Å²) in [6.45, 7) is 3.70. The second kappa shape index (κ2) is 6.41. The Morgan fingerprint density at radius 2 is 2.12 bits per heavy atom. The molecular formula is C9H17N3O4. The van der Waals surface area contributed by atoms with Gasteiger partial charge in [-0.1, -0.05) is 0 Å². The van der Waals surface area contributed by atoms with Crippen LogP contribution in [0.2, 0.25) is 0 Å². The highest BCUT2D eigenvalue weighted by molar-refractivity contribution is 5.81. The molecule has 0 radical (unpaired) electrons. The minimum Gasteiger partial charge on any atom is -0.378 e. The van der Waals surface area contributed by atoms with Gasteiger partial charge in [0.25, 0.3) is 0 Å². The Morgan fingerprint density at radius 3 is 2.69 bits per heavy atom. The Labute approximate surface area is 93.8 Å². The Bertz CT molecular complexity index is 253. The van der Waals surface area contributed by atoms with Crippen molar-refractivity contribution in [2.75, 3.05) is 32.9 Å². The molecule has 0 aromatic heterocycles. The topological polar surface area (TPSA) is 93.9 Å². The number of nitrogens with one attached hydrogen (secondary N) is 1. The predicted octanol–water partition coefficient (Wildman–Crippen LogP) is -1.76. The lowest BCUT2D eigenvalue weighted by Gasteiger charge is -2.29. The van der Waals surface area contributed by atoms with Crippen molar-refractivity contribution in [2.45, 2.75) is 13.0 Å². The highest BCUT2D eigenvalue weighted by atomic mass is 16.6. The summed E-state index contributed by atoms with van der Waals surface area (Å²) in [5, 5.41) is 0. The van der Waals surface area contributed by atoms with E-state index in [1.54, 1.807) is 11.8 Å². The molecule has 0 aromatic rings. The van der Waals surface area contributed by atoms with Gasteiger partial charge in [0.2, 0.25) is 11.8 Å². The number of hydrogen-bond donors (Lipinski definition) is 2. The van der Waals surface area contributed by atoms with Crippen LogP contribution in [0.25, 0.3) is 0 Å². The summed E-state index contributed by atoms with van der Waals surface area (Å²) in [7, 11) is 0. The third-order valence-electron chi connectivity index (χ3n) is 2.17. The zero-order valence-corrected chi connectivity index (χ0v) is 9.27. The average Bonchev–Trinajstić information content (AvgIpc) is 2.28. The second-order valence-corrected chi connectivity index (χ2v) is 3.53. The smallest absolute Gasteiger partial charge is 0.245 e. The van der Waals surface area contributed by atoms with Crippen molar-refractivity contribution in [1.29, 1.82) is 0 Å². The van der Waals surface area contributed by atoms with Crippen molar-refractivity contribution < 1.29 is 19.2 Å². The van der Waals surface area contributed by atoms with Crippen molar-refractivity contribution >= 4 is 11.8 Å². The molecule has 1 saturated heterocycles. The minimum absolute atomic E-state index is 0.0761. The monoisotopic (exact) mass is 231 g/mol.